The van der Waals surface area contributed by atoms with Crippen LogP contribution in [-0.2, 0) is 4.79 Å². The lowest BCUT2D eigenvalue weighted by Gasteiger charge is -2.16. The van der Waals surface area contributed by atoms with E-state index in [2.05, 4.69) is 0 Å². The van der Waals surface area contributed by atoms with E-state index in [1.54, 1.807) is 0 Å². The lowest BCUT2D eigenvalue weighted by atomic mass is 10.0. The van der Waals surface area contributed by atoms with Gasteiger partial charge in [-0.15, -0.1) is 0 Å². The third kappa shape index (κ3) is 2.91. The Labute approximate surface area is 90.4 Å². The third-order valence-corrected chi connectivity index (χ3v) is 2.06. The standard InChI is InChI=1S/C10H11FO5/c11-6-3-5(1-2-7(6)12)10(16)8(13)4-9(14)15/h1-3,8,10,12-13,16H,4H2,(H,14,15). The minimum Gasteiger partial charge on any atom is -0.505 e. The average molecular weight is 230 g/mol. The van der Waals surface area contributed by atoms with E-state index in [0.29, 0.717) is 0 Å². The quantitative estimate of drug-likeness (QED) is 0.600. The number of aliphatic hydroxyl groups excluding tert-OH is 2. The molecule has 0 bridgehead atoms. The summed E-state index contributed by atoms with van der Waals surface area (Å²) in [5, 5.41) is 36.1. The zero-order chi connectivity index (χ0) is 12.3. The first kappa shape index (κ1) is 12.4. The van der Waals surface area contributed by atoms with Gasteiger partial charge in [-0.25, -0.2) is 4.39 Å². The number of rotatable bonds is 4. The van der Waals surface area contributed by atoms with Gasteiger partial charge in [0, 0.05) is 0 Å². The molecule has 1 aromatic rings. The van der Waals surface area contributed by atoms with Gasteiger partial charge in [0.2, 0.25) is 0 Å². The van der Waals surface area contributed by atoms with Crippen molar-refractivity contribution in [2.75, 3.05) is 0 Å². The molecule has 2 atom stereocenters. The number of carboxylic acids is 1. The normalized spacial score (nSPS) is 14.4. The van der Waals surface area contributed by atoms with Crippen LogP contribution in [0.5, 0.6) is 5.75 Å². The first-order valence-corrected chi connectivity index (χ1v) is 4.48. The molecule has 1 rings (SSSR count). The second-order valence-electron chi connectivity index (χ2n) is 3.32. The Morgan fingerprint density at radius 3 is 2.50 bits per heavy atom. The molecule has 16 heavy (non-hydrogen) atoms. The van der Waals surface area contributed by atoms with E-state index in [1.165, 1.54) is 6.07 Å². The van der Waals surface area contributed by atoms with Crippen LogP contribution < -0.4 is 0 Å². The summed E-state index contributed by atoms with van der Waals surface area (Å²) in [4.78, 5) is 10.3. The molecule has 1 aromatic carbocycles. The van der Waals surface area contributed by atoms with Crippen LogP contribution in [0.4, 0.5) is 4.39 Å². The first-order valence-electron chi connectivity index (χ1n) is 4.48. The summed E-state index contributed by atoms with van der Waals surface area (Å²) >= 11 is 0. The van der Waals surface area contributed by atoms with Gasteiger partial charge in [0.1, 0.15) is 6.10 Å². The highest BCUT2D eigenvalue weighted by atomic mass is 19.1. The molecule has 0 saturated carbocycles. The molecule has 0 aliphatic carbocycles. The van der Waals surface area contributed by atoms with E-state index < -0.39 is 36.2 Å². The van der Waals surface area contributed by atoms with Crippen molar-refractivity contribution in [1.29, 1.82) is 0 Å². The number of carboxylic acid groups (broad SMARTS) is 1. The second-order valence-corrected chi connectivity index (χ2v) is 3.32. The molecular formula is C10H11FO5. The fraction of sp³-hybridized carbons (Fsp3) is 0.300. The maximum atomic E-state index is 12.9. The minimum atomic E-state index is -1.53. The van der Waals surface area contributed by atoms with Gasteiger partial charge in [-0.3, -0.25) is 4.79 Å². The number of hydrogen-bond donors (Lipinski definition) is 4. The number of hydrogen-bond acceptors (Lipinski definition) is 4. The number of aliphatic carboxylic acids is 1. The Bertz CT molecular complexity index is 393. The van der Waals surface area contributed by atoms with Gasteiger partial charge in [0.25, 0.3) is 0 Å². The molecular weight excluding hydrogens is 219 g/mol. The number of phenols is 1. The topological polar surface area (TPSA) is 98.0 Å². The number of halogens is 1. The van der Waals surface area contributed by atoms with Crippen LogP contribution in [0.2, 0.25) is 0 Å². The van der Waals surface area contributed by atoms with Crippen LogP contribution in [0, 0.1) is 5.82 Å². The van der Waals surface area contributed by atoms with E-state index >= 15 is 0 Å². The molecule has 4 N–H and O–H groups in total. The van der Waals surface area contributed by atoms with E-state index in [0.717, 1.165) is 12.1 Å². The maximum Gasteiger partial charge on any atom is 0.306 e. The summed E-state index contributed by atoms with van der Waals surface area (Å²) in [7, 11) is 0. The lowest BCUT2D eigenvalue weighted by Crippen LogP contribution is -2.21. The minimum absolute atomic E-state index is 0.00375. The van der Waals surface area contributed by atoms with Crippen molar-refractivity contribution in [1.82, 2.24) is 0 Å². The Morgan fingerprint density at radius 2 is 2.00 bits per heavy atom. The van der Waals surface area contributed by atoms with Crippen LogP contribution in [0.15, 0.2) is 18.2 Å². The SMILES string of the molecule is O=C(O)CC(O)C(O)c1ccc(O)c(F)c1. The number of phenolic OH excluding ortho intramolecular Hbond substituents is 1. The number of aliphatic hydroxyl groups is 2. The molecule has 0 heterocycles. The summed E-state index contributed by atoms with van der Waals surface area (Å²) in [5.74, 6) is -2.80. The predicted octanol–water partition coefficient (Wildman–Crippen LogP) is 0.400. The molecule has 6 heteroatoms. The predicted molar refractivity (Wildman–Crippen MR) is 51.3 cm³/mol. The van der Waals surface area contributed by atoms with Gasteiger partial charge in [-0.2, -0.15) is 0 Å². The second kappa shape index (κ2) is 4.91. The molecule has 0 spiro atoms. The highest BCUT2D eigenvalue weighted by Crippen LogP contribution is 2.23. The average Bonchev–Trinajstić information content (AvgIpc) is 2.20. The maximum absolute atomic E-state index is 12.9. The summed E-state index contributed by atoms with van der Waals surface area (Å²) in [6.45, 7) is 0. The number of carbonyl (C=O) groups is 1. The van der Waals surface area contributed by atoms with Gasteiger partial charge in [0.15, 0.2) is 11.6 Å². The summed E-state index contributed by atoms with van der Waals surface area (Å²) in [6, 6.07) is 3.06. The molecule has 88 valence electrons. The van der Waals surface area contributed by atoms with Gasteiger partial charge in [-0.05, 0) is 17.7 Å². The van der Waals surface area contributed by atoms with Crippen LogP contribution >= 0.6 is 0 Å². The molecule has 0 amide bonds. The zero-order valence-electron chi connectivity index (χ0n) is 8.17. The van der Waals surface area contributed by atoms with Crippen molar-refractivity contribution >= 4 is 5.97 Å². The van der Waals surface area contributed by atoms with Crippen molar-refractivity contribution in [3.63, 3.8) is 0 Å². The van der Waals surface area contributed by atoms with Gasteiger partial charge >= 0.3 is 5.97 Å². The lowest BCUT2D eigenvalue weighted by molar-refractivity contribution is -0.141. The van der Waals surface area contributed by atoms with Crippen molar-refractivity contribution in [2.45, 2.75) is 18.6 Å². The van der Waals surface area contributed by atoms with E-state index in [9.17, 15) is 19.4 Å². The molecule has 5 nitrogen and oxygen atoms in total. The molecule has 0 radical (unpaired) electrons. The van der Waals surface area contributed by atoms with Crippen LogP contribution in [0.3, 0.4) is 0 Å². The highest BCUT2D eigenvalue weighted by molar-refractivity contribution is 5.67. The largest absolute Gasteiger partial charge is 0.505 e. The van der Waals surface area contributed by atoms with E-state index in [1.807, 2.05) is 0 Å². The van der Waals surface area contributed by atoms with Crippen molar-refractivity contribution in [3.8, 4) is 5.75 Å². The number of aromatic hydroxyl groups is 1. The smallest absolute Gasteiger partial charge is 0.306 e. The Kier molecular flexibility index (Phi) is 3.81. The molecule has 0 aliphatic heterocycles. The van der Waals surface area contributed by atoms with Crippen LogP contribution in [-0.4, -0.2) is 32.5 Å². The Hall–Kier alpha value is -1.66. The number of benzene rings is 1. The molecule has 0 aromatic heterocycles. The van der Waals surface area contributed by atoms with Gasteiger partial charge in [-0.1, -0.05) is 6.07 Å². The summed E-state index contributed by atoms with van der Waals surface area (Å²) in [6.07, 6.45) is -3.68. The fourth-order valence-electron chi connectivity index (χ4n) is 1.22. The molecule has 0 fully saturated rings. The van der Waals surface area contributed by atoms with Gasteiger partial charge in [0.05, 0.1) is 12.5 Å². The fourth-order valence-corrected chi connectivity index (χ4v) is 1.22. The Balaban J connectivity index is 2.83. The molecule has 0 aliphatic rings. The molecule has 2 unspecified atom stereocenters. The van der Waals surface area contributed by atoms with Crippen molar-refractivity contribution in [3.05, 3.63) is 29.6 Å². The van der Waals surface area contributed by atoms with Crippen molar-refractivity contribution in [2.24, 2.45) is 0 Å². The van der Waals surface area contributed by atoms with E-state index in [4.69, 9.17) is 10.2 Å². The first-order chi connectivity index (χ1) is 7.41. The summed E-state index contributed by atoms with van der Waals surface area (Å²) in [5.41, 5.74) is 0.00375. The zero-order valence-corrected chi connectivity index (χ0v) is 8.17. The third-order valence-electron chi connectivity index (χ3n) is 2.06. The monoisotopic (exact) mass is 230 g/mol. The molecule has 0 saturated heterocycles. The highest BCUT2D eigenvalue weighted by Gasteiger charge is 2.21. The van der Waals surface area contributed by atoms with Crippen LogP contribution in [0.1, 0.15) is 18.1 Å². The van der Waals surface area contributed by atoms with E-state index in [-0.39, 0.29) is 5.56 Å². The van der Waals surface area contributed by atoms with Crippen LogP contribution in [0.25, 0.3) is 0 Å². The van der Waals surface area contributed by atoms with Gasteiger partial charge < -0.3 is 20.4 Å². The summed E-state index contributed by atoms with van der Waals surface area (Å²) < 4.78 is 12.9. The Morgan fingerprint density at radius 1 is 1.38 bits per heavy atom. The van der Waals surface area contributed by atoms with Crippen molar-refractivity contribution < 1.29 is 29.6 Å².